The highest BCUT2D eigenvalue weighted by Gasteiger charge is 2.41. The van der Waals surface area contributed by atoms with Crippen LogP contribution in [0.3, 0.4) is 0 Å². The maximum atomic E-state index is 13.5. The average Bonchev–Trinajstić information content (AvgIpc) is 3.03. The first-order chi connectivity index (χ1) is 21.5. The minimum atomic E-state index is -1.00. The molecule has 0 aromatic rings. The Morgan fingerprint density at radius 1 is 1.09 bits per heavy atom. The van der Waals surface area contributed by atoms with Crippen LogP contribution in [0.1, 0.15) is 86.0 Å². The summed E-state index contributed by atoms with van der Waals surface area (Å²) >= 11 is 2.30. The van der Waals surface area contributed by atoms with Gasteiger partial charge in [0.05, 0.1) is 30.8 Å². The van der Waals surface area contributed by atoms with E-state index in [4.69, 9.17) is 14.2 Å². The van der Waals surface area contributed by atoms with E-state index in [-0.39, 0.29) is 42.1 Å². The highest BCUT2D eigenvalue weighted by atomic mass is 127. The summed E-state index contributed by atoms with van der Waals surface area (Å²) in [5.74, 6) is -1.12. The standard InChI is InChI=1S/C35H59IN2O7/c1-7-31-27(21-36)17-22(2)11-12-29(39)23(3)18-26(13-16-38-14-9-8-10-15-38)35(24(4)30(40)20-32(41)44-31)45-33-19-28(37-6)34(42)25(5)43-33/h11-12,17,23-28,30-31,33-35,37,40,42H,7-10,13-16,18-21H2,1-6H3/b12-11+,22-17+. The van der Waals surface area contributed by atoms with Crippen molar-refractivity contribution in [1.29, 1.82) is 0 Å². The summed E-state index contributed by atoms with van der Waals surface area (Å²) in [7, 11) is 1.82. The fourth-order valence-corrected chi connectivity index (χ4v) is 7.89. The minimum absolute atomic E-state index is 0.00430. The molecule has 0 aromatic carbocycles. The number of hydrogen-bond acceptors (Lipinski definition) is 9. The molecule has 0 radical (unpaired) electrons. The second-order valence-electron chi connectivity index (χ2n) is 13.6. The number of cyclic esters (lactones) is 1. The lowest BCUT2D eigenvalue weighted by Gasteiger charge is -2.43. The van der Waals surface area contributed by atoms with Crippen molar-refractivity contribution in [1.82, 2.24) is 10.2 Å². The molecule has 2 fully saturated rings. The van der Waals surface area contributed by atoms with Crippen LogP contribution in [0.15, 0.2) is 23.8 Å². The number of nitrogens with zero attached hydrogens (tertiary/aromatic N) is 1. The Balaban J connectivity index is 1.97. The van der Waals surface area contributed by atoms with Gasteiger partial charge in [-0.05, 0) is 84.6 Å². The largest absolute Gasteiger partial charge is 0.462 e. The lowest BCUT2D eigenvalue weighted by atomic mass is 9.79. The number of ether oxygens (including phenoxy) is 3. The molecule has 9 nitrogen and oxygen atoms in total. The van der Waals surface area contributed by atoms with Gasteiger partial charge < -0.3 is 34.6 Å². The van der Waals surface area contributed by atoms with Crippen LogP contribution in [0.4, 0.5) is 0 Å². The van der Waals surface area contributed by atoms with Crippen LogP contribution in [0, 0.1) is 23.7 Å². The molecule has 0 aliphatic carbocycles. The molecule has 0 amide bonds. The number of rotatable bonds is 8. The number of hydrogen-bond donors (Lipinski definition) is 3. The Bertz CT molecular complexity index is 987. The van der Waals surface area contributed by atoms with Gasteiger partial charge in [0, 0.05) is 34.6 Å². The zero-order valence-corrected chi connectivity index (χ0v) is 30.5. The van der Waals surface area contributed by atoms with Crippen LogP contribution in [0.5, 0.6) is 0 Å². The van der Waals surface area contributed by atoms with Crippen molar-refractivity contribution in [3.05, 3.63) is 23.8 Å². The van der Waals surface area contributed by atoms with Gasteiger partial charge in [0.2, 0.25) is 0 Å². The number of aliphatic hydroxyl groups is 2. The van der Waals surface area contributed by atoms with E-state index in [2.05, 4.69) is 38.9 Å². The number of likely N-dealkylation sites (N-methyl/N-ethyl adjacent to an activating group) is 1. The van der Waals surface area contributed by atoms with Crippen molar-refractivity contribution < 1.29 is 34.0 Å². The normalized spacial score (nSPS) is 40.4. The molecule has 3 heterocycles. The van der Waals surface area contributed by atoms with Crippen LogP contribution < -0.4 is 5.32 Å². The van der Waals surface area contributed by atoms with E-state index in [1.165, 1.54) is 19.3 Å². The summed E-state index contributed by atoms with van der Waals surface area (Å²) in [5.41, 5.74) is 0.958. The fraction of sp³-hybridized carbons (Fsp3) is 0.829. The number of ketones is 1. The Morgan fingerprint density at radius 3 is 2.44 bits per heavy atom. The van der Waals surface area contributed by atoms with Gasteiger partial charge in [0.1, 0.15) is 6.10 Å². The Labute approximate surface area is 285 Å². The number of carbonyl (C=O) groups excluding carboxylic acids is 2. The van der Waals surface area contributed by atoms with Gasteiger partial charge in [-0.2, -0.15) is 0 Å². The van der Waals surface area contributed by atoms with Crippen molar-refractivity contribution in [2.24, 2.45) is 23.7 Å². The molecule has 10 heteroatoms. The molecule has 3 aliphatic rings. The molecular formula is C35H59IN2O7. The van der Waals surface area contributed by atoms with Gasteiger partial charge in [-0.15, -0.1) is 0 Å². The SMILES string of the molecule is CCC1OC(=O)CC(O)C(C)C(OC2CC(NC)C(O)C(C)O2)C(CCN2CCCCC2)CC(C)C(=O)/C=C/C(C)=C/C1CI. The second-order valence-corrected chi connectivity index (χ2v) is 14.5. The van der Waals surface area contributed by atoms with Crippen LogP contribution >= 0.6 is 22.6 Å². The number of alkyl halides is 1. The van der Waals surface area contributed by atoms with E-state index >= 15 is 0 Å². The maximum Gasteiger partial charge on any atom is 0.308 e. The zero-order chi connectivity index (χ0) is 33.1. The molecule has 0 spiro atoms. The molecule has 0 aromatic heterocycles. The minimum Gasteiger partial charge on any atom is -0.462 e. The molecule has 3 rings (SSSR count). The summed E-state index contributed by atoms with van der Waals surface area (Å²) in [6.07, 6.45) is 8.08. The summed E-state index contributed by atoms with van der Waals surface area (Å²) in [6.45, 7) is 12.7. The van der Waals surface area contributed by atoms with Gasteiger partial charge in [0.25, 0.3) is 0 Å². The van der Waals surface area contributed by atoms with E-state index in [1.807, 2.05) is 47.7 Å². The summed E-state index contributed by atoms with van der Waals surface area (Å²) < 4.78 is 19.7. The van der Waals surface area contributed by atoms with Gasteiger partial charge in [-0.1, -0.05) is 67.5 Å². The van der Waals surface area contributed by atoms with Crippen molar-refractivity contribution in [2.75, 3.05) is 31.1 Å². The molecule has 11 unspecified atom stereocenters. The van der Waals surface area contributed by atoms with E-state index < -0.39 is 42.6 Å². The molecule has 2 saturated heterocycles. The fourth-order valence-electron chi connectivity index (χ4n) is 7.07. The van der Waals surface area contributed by atoms with Gasteiger partial charge in [0.15, 0.2) is 12.1 Å². The topological polar surface area (TPSA) is 118 Å². The van der Waals surface area contributed by atoms with Gasteiger partial charge >= 0.3 is 5.97 Å². The predicted molar refractivity (Wildman–Crippen MR) is 185 cm³/mol. The van der Waals surface area contributed by atoms with E-state index in [1.54, 1.807) is 6.08 Å². The second kappa shape index (κ2) is 19.2. The first-order valence-electron chi connectivity index (χ1n) is 17.2. The van der Waals surface area contributed by atoms with Crippen LogP contribution in [0.25, 0.3) is 0 Å². The predicted octanol–water partition coefficient (Wildman–Crippen LogP) is 4.82. The first-order valence-corrected chi connectivity index (χ1v) is 18.7. The van der Waals surface area contributed by atoms with Crippen molar-refractivity contribution >= 4 is 34.3 Å². The van der Waals surface area contributed by atoms with Gasteiger partial charge in [-0.3, -0.25) is 9.59 Å². The molecule has 258 valence electrons. The third-order valence-electron chi connectivity index (χ3n) is 10.1. The number of allylic oxidation sites excluding steroid dienone is 3. The smallest absolute Gasteiger partial charge is 0.308 e. The molecular weight excluding hydrogens is 687 g/mol. The lowest BCUT2D eigenvalue weighted by molar-refractivity contribution is -0.259. The monoisotopic (exact) mass is 746 g/mol. The number of aliphatic hydroxyl groups excluding tert-OH is 2. The number of halogens is 1. The third-order valence-corrected chi connectivity index (χ3v) is 11.1. The molecule has 3 aliphatic heterocycles. The number of carbonyl (C=O) groups is 2. The van der Waals surface area contributed by atoms with E-state index in [0.717, 1.165) is 36.1 Å². The number of piperidine rings is 1. The molecule has 3 N–H and O–H groups in total. The van der Waals surface area contributed by atoms with Crippen molar-refractivity contribution in [2.45, 2.75) is 129 Å². The van der Waals surface area contributed by atoms with E-state index in [0.29, 0.717) is 19.3 Å². The van der Waals surface area contributed by atoms with Crippen molar-refractivity contribution in [3.63, 3.8) is 0 Å². The molecule has 45 heavy (non-hydrogen) atoms. The molecule has 0 bridgehead atoms. The quantitative estimate of drug-likeness (QED) is 0.183. The Hall–Kier alpha value is -0.890. The van der Waals surface area contributed by atoms with Crippen LogP contribution in [0.2, 0.25) is 0 Å². The number of nitrogens with one attached hydrogen (secondary N) is 1. The van der Waals surface area contributed by atoms with Crippen LogP contribution in [-0.4, -0.2) is 101 Å². The summed E-state index contributed by atoms with van der Waals surface area (Å²) in [6, 6.07) is -0.203. The van der Waals surface area contributed by atoms with Crippen LogP contribution in [-0.2, 0) is 23.8 Å². The zero-order valence-electron chi connectivity index (χ0n) is 28.3. The highest BCUT2D eigenvalue weighted by Crippen LogP contribution is 2.34. The highest BCUT2D eigenvalue weighted by molar-refractivity contribution is 14.1. The van der Waals surface area contributed by atoms with E-state index in [9.17, 15) is 19.8 Å². The maximum absolute atomic E-state index is 13.5. The molecule has 0 saturated carbocycles. The number of esters is 1. The Morgan fingerprint density at radius 2 is 1.80 bits per heavy atom. The molecule has 11 atom stereocenters. The lowest BCUT2D eigenvalue weighted by Crippen LogP contribution is -2.54. The third kappa shape index (κ3) is 11.6. The summed E-state index contributed by atoms with van der Waals surface area (Å²) in [5, 5.41) is 25.4. The first kappa shape index (κ1) is 38.6. The number of likely N-dealkylation sites (tertiary alicyclic amines) is 1. The van der Waals surface area contributed by atoms with Gasteiger partial charge in [-0.25, -0.2) is 0 Å². The average molecular weight is 747 g/mol. The Kier molecular flexibility index (Phi) is 16.4. The summed E-state index contributed by atoms with van der Waals surface area (Å²) in [4.78, 5) is 29.2. The van der Waals surface area contributed by atoms with Crippen molar-refractivity contribution in [3.8, 4) is 0 Å².